The van der Waals surface area contributed by atoms with Gasteiger partial charge in [-0.05, 0) is 88.1 Å². The van der Waals surface area contributed by atoms with Gasteiger partial charge in [0.2, 0.25) is 0 Å². The summed E-state index contributed by atoms with van der Waals surface area (Å²) in [6.45, 7) is 5.62. The number of carbonyl (C=O) groups excluding carboxylic acids is 1. The summed E-state index contributed by atoms with van der Waals surface area (Å²) in [4.78, 5) is 22.4. The number of benzene rings is 1. The number of pyridine rings is 1. The normalized spacial score (nSPS) is 16.2. The second kappa shape index (κ2) is 10.5. The summed E-state index contributed by atoms with van der Waals surface area (Å²) in [7, 11) is 1.90. The summed E-state index contributed by atoms with van der Waals surface area (Å²) in [6.07, 6.45) is 8.10. The Kier molecular flexibility index (Phi) is 7.20. The van der Waals surface area contributed by atoms with E-state index < -0.39 is 0 Å². The van der Waals surface area contributed by atoms with E-state index in [1.54, 1.807) is 16.5 Å². The molecule has 1 amide bonds. The van der Waals surface area contributed by atoms with Gasteiger partial charge in [0.05, 0.1) is 16.9 Å². The average Bonchev–Trinajstić information content (AvgIpc) is 3.51. The van der Waals surface area contributed by atoms with E-state index >= 15 is 0 Å². The van der Waals surface area contributed by atoms with Gasteiger partial charge >= 0.3 is 5.91 Å². The number of anilines is 3. The lowest BCUT2D eigenvalue weighted by Crippen LogP contribution is -2.29. The summed E-state index contributed by atoms with van der Waals surface area (Å²) in [5.41, 5.74) is 4.36. The molecule has 2 aliphatic rings. The molecule has 0 radical (unpaired) electrons. The Hall–Kier alpha value is -3.05. The quantitative estimate of drug-likeness (QED) is 0.363. The third kappa shape index (κ3) is 4.81. The van der Waals surface area contributed by atoms with Gasteiger partial charge in [-0.1, -0.05) is 28.3 Å². The number of amides is 1. The standard InChI is InChI=1S/C28H32BrN5O2/c1-4-10-26(35)34(24-17-19(2)21(29)18-23(24)33-15-8-9-16-33)25-14-13-22-27(30-25)28(31-32(22)3)36-20-11-6-5-7-12-20/h13-14,17-18,20H,5-9,11-12,15-16H2,1-3H3. The molecular formula is C28H32BrN5O2. The molecule has 1 aromatic carbocycles. The highest BCUT2D eigenvalue weighted by Gasteiger charge is 2.27. The number of hydrogen-bond donors (Lipinski definition) is 0. The van der Waals surface area contributed by atoms with Crippen LogP contribution in [0.1, 0.15) is 57.4 Å². The Morgan fingerprint density at radius 2 is 1.89 bits per heavy atom. The largest absolute Gasteiger partial charge is 0.472 e. The molecule has 7 nitrogen and oxygen atoms in total. The van der Waals surface area contributed by atoms with Gasteiger partial charge in [0.1, 0.15) is 11.9 Å². The number of halogens is 1. The summed E-state index contributed by atoms with van der Waals surface area (Å²) in [5, 5.41) is 4.63. The zero-order valence-corrected chi connectivity index (χ0v) is 22.8. The predicted octanol–water partition coefficient (Wildman–Crippen LogP) is 6.04. The third-order valence-electron chi connectivity index (χ3n) is 7.09. The lowest BCUT2D eigenvalue weighted by Gasteiger charge is -2.28. The van der Waals surface area contributed by atoms with E-state index in [2.05, 4.69) is 43.8 Å². The highest BCUT2D eigenvalue weighted by Crippen LogP contribution is 2.40. The Morgan fingerprint density at radius 1 is 1.14 bits per heavy atom. The first kappa shape index (κ1) is 24.6. The highest BCUT2D eigenvalue weighted by molar-refractivity contribution is 9.10. The zero-order valence-electron chi connectivity index (χ0n) is 21.2. The Balaban J connectivity index is 1.63. The molecule has 0 spiro atoms. The van der Waals surface area contributed by atoms with Crippen molar-refractivity contribution in [1.82, 2.24) is 14.8 Å². The number of ether oxygens (including phenoxy) is 1. The molecule has 0 N–H and O–H groups in total. The van der Waals surface area contributed by atoms with Gasteiger partial charge < -0.3 is 9.64 Å². The summed E-state index contributed by atoms with van der Waals surface area (Å²) in [5.74, 6) is 6.25. The monoisotopic (exact) mass is 549 g/mol. The van der Waals surface area contributed by atoms with Crippen molar-refractivity contribution in [3.05, 3.63) is 34.3 Å². The van der Waals surface area contributed by atoms with E-state index in [0.29, 0.717) is 17.2 Å². The van der Waals surface area contributed by atoms with E-state index in [-0.39, 0.29) is 12.0 Å². The van der Waals surface area contributed by atoms with E-state index in [1.165, 1.54) is 19.3 Å². The molecule has 8 heteroatoms. The minimum Gasteiger partial charge on any atom is -0.472 e. The van der Waals surface area contributed by atoms with Gasteiger partial charge in [-0.25, -0.2) is 4.98 Å². The first-order chi connectivity index (χ1) is 17.5. The molecule has 1 saturated heterocycles. The van der Waals surface area contributed by atoms with Crippen LogP contribution < -0.4 is 14.5 Å². The maximum Gasteiger partial charge on any atom is 0.308 e. The fourth-order valence-electron chi connectivity index (χ4n) is 5.19. The fraction of sp³-hybridized carbons (Fsp3) is 0.464. The van der Waals surface area contributed by atoms with Crippen molar-refractivity contribution in [2.24, 2.45) is 7.05 Å². The summed E-state index contributed by atoms with van der Waals surface area (Å²) < 4.78 is 9.15. The number of rotatable bonds is 5. The maximum absolute atomic E-state index is 13.5. The molecule has 36 heavy (non-hydrogen) atoms. The second-order valence-electron chi connectivity index (χ2n) is 9.64. The number of carbonyl (C=O) groups is 1. The third-order valence-corrected chi connectivity index (χ3v) is 7.94. The van der Waals surface area contributed by atoms with Crippen LogP contribution in [-0.4, -0.2) is 39.9 Å². The molecule has 188 valence electrons. The molecule has 1 aliphatic carbocycles. The van der Waals surface area contributed by atoms with Crippen LogP contribution in [0.5, 0.6) is 5.88 Å². The Morgan fingerprint density at radius 3 is 2.61 bits per heavy atom. The first-order valence-electron chi connectivity index (χ1n) is 12.8. The predicted molar refractivity (Wildman–Crippen MR) is 147 cm³/mol. The topological polar surface area (TPSA) is 63.5 Å². The highest BCUT2D eigenvalue weighted by atomic mass is 79.9. The van der Waals surface area contributed by atoms with Crippen molar-refractivity contribution in [1.29, 1.82) is 0 Å². The SMILES string of the molecule is CC#CC(=O)N(c1ccc2c(n1)c(OC1CCCCC1)nn2C)c1cc(C)c(Br)cc1N1CCCC1. The van der Waals surface area contributed by atoms with Crippen LogP contribution >= 0.6 is 15.9 Å². The number of nitrogens with zero attached hydrogens (tertiary/aromatic N) is 5. The molecular weight excluding hydrogens is 518 g/mol. The van der Waals surface area contributed by atoms with Crippen molar-refractivity contribution in [2.45, 2.75) is 64.9 Å². The summed E-state index contributed by atoms with van der Waals surface area (Å²) in [6, 6.07) is 7.98. The van der Waals surface area contributed by atoms with Gasteiger partial charge in [-0.15, -0.1) is 5.10 Å². The average molecular weight is 551 g/mol. The molecule has 3 aromatic rings. The minimum atomic E-state index is -0.315. The Bertz CT molecular complexity index is 1340. The van der Waals surface area contributed by atoms with Gasteiger partial charge in [0.15, 0.2) is 5.52 Å². The molecule has 0 unspecified atom stereocenters. The number of hydrogen-bond acceptors (Lipinski definition) is 5. The van der Waals surface area contributed by atoms with E-state index in [9.17, 15) is 4.79 Å². The number of aromatic nitrogens is 3. The van der Waals surface area contributed by atoms with Gasteiger partial charge in [-0.2, -0.15) is 0 Å². The second-order valence-corrected chi connectivity index (χ2v) is 10.5. The van der Waals surface area contributed by atoms with Crippen molar-refractivity contribution >= 4 is 50.1 Å². The van der Waals surface area contributed by atoms with Crippen LogP contribution in [0.3, 0.4) is 0 Å². The minimum absolute atomic E-state index is 0.155. The van der Waals surface area contributed by atoms with Crippen LogP contribution in [0.2, 0.25) is 0 Å². The van der Waals surface area contributed by atoms with Crippen LogP contribution in [-0.2, 0) is 11.8 Å². The van der Waals surface area contributed by atoms with E-state index in [0.717, 1.165) is 65.7 Å². The smallest absolute Gasteiger partial charge is 0.308 e. The lowest BCUT2D eigenvalue weighted by atomic mass is 9.98. The molecule has 3 heterocycles. The lowest BCUT2D eigenvalue weighted by molar-refractivity contribution is -0.112. The molecule has 5 rings (SSSR count). The van der Waals surface area contributed by atoms with Crippen molar-refractivity contribution in [3.8, 4) is 17.7 Å². The molecule has 1 saturated carbocycles. The van der Waals surface area contributed by atoms with Gasteiger partial charge in [0, 0.05) is 24.6 Å². The van der Waals surface area contributed by atoms with Crippen LogP contribution in [0.15, 0.2) is 28.7 Å². The van der Waals surface area contributed by atoms with Crippen LogP contribution in [0.4, 0.5) is 17.2 Å². The first-order valence-corrected chi connectivity index (χ1v) is 13.6. The van der Waals surface area contributed by atoms with Crippen LogP contribution in [0, 0.1) is 18.8 Å². The molecule has 2 aromatic heterocycles. The summed E-state index contributed by atoms with van der Waals surface area (Å²) >= 11 is 3.69. The van der Waals surface area contributed by atoms with Gasteiger partial charge in [0.25, 0.3) is 5.88 Å². The van der Waals surface area contributed by atoms with E-state index in [4.69, 9.17) is 9.72 Å². The van der Waals surface area contributed by atoms with Crippen molar-refractivity contribution in [2.75, 3.05) is 22.9 Å². The van der Waals surface area contributed by atoms with Crippen LogP contribution in [0.25, 0.3) is 11.0 Å². The maximum atomic E-state index is 13.5. The van der Waals surface area contributed by atoms with Gasteiger partial charge in [-0.3, -0.25) is 14.4 Å². The number of aryl methyl sites for hydroxylation is 2. The molecule has 0 atom stereocenters. The molecule has 1 aliphatic heterocycles. The zero-order chi connectivity index (χ0) is 25.2. The van der Waals surface area contributed by atoms with Crippen molar-refractivity contribution in [3.63, 3.8) is 0 Å². The van der Waals surface area contributed by atoms with E-state index in [1.807, 2.05) is 32.2 Å². The molecule has 2 fully saturated rings. The number of fused-ring (bicyclic) bond motifs is 1. The Labute approximate surface area is 220 Å². The fourth-order valence-corrected chi connectivity index (χ4v) is 5.52. The molecule has 0 bridgehead atoms. The van der Waals surface area contributed by atoms with Crippen molar-refractivity contribution < 1.29 is 9.53 Å².